The zero-order valence-corrected chi connectivity index (χ0v) is 15.9. The quantitative estimate of drug-likeness (QED) is 0.699. The van der Waals surface area contributed by atoms with Gasteiger partial charge >= 0.3 is 0 Å². The fourth-order valence-electron chi connectivity index (χ4n) is 2.73. The molecule has 0 aliphatic carbocycles. The maximum Gasteiger partial charge on any atom is 0.270 e. The number of anilines is 1. The van der Waals surface area contributed by atoms with E-state index < -0.39 is 0 Å². The lowest BCUT2D eigenvalue weighted by Crippen LogP contribution is -2.24. The summed E-state index contributed by atoms with van der Waals surface area (Å²) in [5.74, 6) is 0.249. The Balaban J connectivity index is 1.66. The minimum absolute atomic E-state index is 0.208. The Morgan fingerprint density at radius 2 is 1.67 bits per heavy atom. The molecule has 0 saturated heterocycles. The lowest BCUT2D eigenvalue weighted by molar-refractivity contribution is 0.0945. The van der Waals surface area contributed by atoms with Gasteiger partial charge in [-0.3, -0.25) is 4.79 Å². The van der Waals surface area contributed by atoms with E-state index in [2.05, 4.69) is 39.7 Å². The summed E-state index contributed by atoms with van der Waals surface area (Å²) in [4.78, 5) is 21.2. The molecule has 0 unspecified atom stereocenters. The van der Waals surface area contributed by atoms with Crippen LogP contribution in [0.2, 0.25) is 0 Å². The summed E-state index contributed by atoms with van der Waals surface area (Å²) >= 11 is 0. The van der Waals surface area contributed by atoms with Crippen LogP contribution in [0.15, 0.2) is 54.6 Å². The molecule has 3 aromatic rings. The van der Waals surface area contributed by atoms with Crippen molar-refractivity contribution in [3.8, 4) is 0 Å². The van der Waals surface area contributed by atoms with Gasteiger partial charge in [-0.05, 0) is 43.5 Å². The number of benzene rings is 2. The molecule has 0 radical (unpaired) electrons. The molecule has 3 rings (SSSR count). The second-order valence-electron chi connectivity index (χ2n) is 6.67. The fourth-order valence-corrected chi connectivity index (χ4v) is 2.73. The van der Waals surface area contributed by atoms with Gasteiger partial charge in [0.15, 0.2) is 0 Å². The molecule has 2 aromatic carbocycles. The van der Waals surface area contributed by atoms with Crippen molar-refractivity contribution in [1.82, 2.24) is 15.3 Å². The molecule has 0 fully saturated rings. The molecule has 1 aromatic heterocycles. The van der Waals surface area contributed by atoms with Crippen molar-refractivity contribution in [1.29, 1.82) is 0 Å². The molecular formula is C22H24N4O. The molecule has 5 heteroatoms. The maximum absolute atomic E-state index is 12.5. The number of rotatable bonds is 6. The standard InChI is InChI=1S/C22H24N4O/c1-15-8-10-18(11-9-15)13-23-21(27)20-12-17(3)25-22(26-20)24-14-19-7-5-4-6-16(19)2/h4-12H,13-14H2,1-3H3,(H,23,27)(H,24,25,26). The fraction of sp³-hybridized carbons (Fsp3) is 0.227. The molecule has 0 spiro atoms. The Labute approximate surface area is 159 Å². The van der Waals surface area contributed by atoms with Crippen molar-refractivity contribution in [2.75, 3.05) is 5.32 Å². The number of nitrogens with one attached hydrogen (secondary N) is 2. The van der Waals surface area contributed by atoms with Gasteiger partial charge in [-0.2, -0.15) is 0 Å². The Morgan fingerprint density at radius 1 is 0.926 bits per heavy atom. The first kappa shape index (κ1) is 18.6. The monoisotopic (exact) mass is 360 g/mol. The van der Waals surface area contributed by atoms with Gasteiger partial charge in [-0.1, -0.05) is 54.1 Å². The second kappa shape index (κ2) is 8.45. The Morgan fingerprint density at radius 3 is 2.41 bits per heavy atom. The summed E-state index contributed by atoms with van der Waals surface area (Å²) in [6.45, 7) is 7.04. The Hall–Kier alpha value is -3.21. The Kier molecular flexibility index (Phi) is 5.81. The molecule has 0 saturated carbocycles. The summed E-state index contributed by atoms with van der Waals surface area (Å²) in [5.41, 5.74) is 5.74. The van der Waals surface area contributed by atoms with Gasteiger partial charge in [0, 0.05) is 18.8 Å². The van der Waals surface area contributed by atoms with Crippen molar-refractivity contribution in [3.05, 3.63) is 88.2 Å². The first-order valence-corrected chi connectivity index (χ1v) is 8.99. The van der Waals surface area contributed by atoms with Gasteiger partial charge in [-0.25, -0.2) is 9.97 Å². The predicted molar refractivity (Wildman–Crippen MR) is 108 cm³/mol. The van der Waals surface area contributed by atoms with Crippen LogP contribution in [0.5, 0.6) is 0 Å². The van der Waals surface area contributed by atoms with Gasteiger partial charge < -0.3 is 10.6 Å². The SMILES string of the molecule is Cc1ccc(CNC(=O)c2cc(C)nc(NCc3ccccc3C)n2)cc1. The van der Waals surface area contributed by atoms with E-state index in [9.17, 15) is 4.79 Å². The molecule has 27 heavy (non-hydrogen) atoms. The zero-order valence-electron chi connectivity index (χ0n) is 15.9. The van der Waals surface area contributed by atoms with Gasteiger partial charge in [0.25, 0.3) is 5.91 Å². The molecular weight excluding hydrogens is 336 g/mol. The molecule has 0 aliphatic heterocycles. The van der Waals surface area contributed by atoms with E-state index in [0.29, 0.717) is 24.7 Å². The van der Waals surface area contributed by atoms with Crippen LogP contribution in [-0.4, -0.2) is 15.9 Å². The summed E-state index contributed by atoms with van der Waals surface area (Å²) in [5, 5.41) is 6.13. The third-order valence-electron chi connectivity index (χ3n) is 4.36. The highest BCUT2D eigenvalue weighted by Gasteiger charge is 2.11. The van der Waals surface area contributed by atoms with Gasteiger partial charge in [-0.15, -0.1) is 0 Å². The predicted octanol–water partition coefficient (Wildman–Crippen LogP) is 3.94. The van der Waals surface area contributed by atoms with E-state index in [0.717, 1.165) is 11.3 Å². The van der Waals surface area contributed by atoms with Crippen LogP contribution in [0.25, 0.3) is 0 Å². The van der Waals surface area contributed by atoms with Crippen LogP contribution in [0.3, 0.4) is 0 Å². The Bertz CT molecular complexity index is 935. The summed E-state index contributed by atoms with van der Waals surface area (Å²) in [7, 11) is 0. The van der Waals surface area contributed by atoms with Gasteiger partial charge in [0.2, 0.25) is 5.95 Å². The molecule has 138 valence electrons. The topological polar surface area (TPSA) is 66.9 Å². The lowest BCUT2D eigenvalue weighted by Gasteiger charge is -2.10. The van der Waals surface area contributed by atoms with Crippen LogP contribution in [0.4, 0.5) is 5.95 Å². The summed E-state index contributed by atoms with van der Waals surface area (Å²) < 4.78 is 0. The minimum Gasteiger partial charge on any atom is -0.350 e. The van der Waals surface area contributed by atoms with Crippen molar-refractivity contribution in [3.63, 3.8) is 0 Å². The van der Waals surface area contributed by atoms with E-state index in [-0.39, 0.29) is 5.91 Å². The van der Waals surface area contributed by atoms with Crippen LogP contribution in [0, 0.1) is 20.8 Å². The second-order valence-corrected chi connectivity index (χ2v) is 6.67. The van der Waals surface area contributed by atoms with E-state index in [1.165, 1.54) is 16.7 Å². The number of hydrogen-bond acceptors (Lipinski definition) is 4. The average Bonchev–Trinajstić information content (AvgIpc) is 2.66. The van der Waals surface area contributed by atoms with Crippen LogP contribution in [0.1, 0.15) is 38.4 Å². The van der Waals surface area contributed by atoms with Crippen LogP contribution >= 0.6 is 0 Å². The smallest absolute Gasteiger partial charge is 0.270 e. The number of carbonyl (C=O) groups excluding carboxylic acids is 1. The highest BCUT2D eigenvalue weighted by molar-refractivity contribution is 5.92. The third-order valence-corrected chi connectivity index (χ3v) is 4.36. The number of nitrogens with zero attached hydrogens (tertiary/aromatic N) is 2. The van der Waals surface area contributed by atoms with Gasteiger partial charge in [0.05, 0.1) is 0 Å². The van der Waals surface area contributed by atoms with E-state index in [4.69, 9.17) is 0 Å². The van der Waals surface area contributed by atoms with E-state index in [1.54, 1.807) is 6.07 Å². The minimum atomic E-state index is -0.208. The number of amides is 1. The largest absolute Gasteiger partial charge is 0.350 e. The number of carbonyl (C=O) groups is 1. The van der Waals surface area contributed by atoms with Crippen molar-refractivity contribution < 1.29 is 4.79 Å². The normalized spacial score (nSPS) is 10.5. The molecule has 1 heterocycles. The number of hydrogen-bond donors (Lipinski definition) is 2. The molecule has 0 aliphatic rings. The molecule has 5 nitrogen and oxygen atoms in total. The van der Waals surface area contributed by atoms with E-state index >= 15 is 0 Å². The van der Waals surface area contributed by atoms with Crippen LogP contribution in [-0.2, 0) is 13.1 Å². The lowest BCUT2D eigenvalue weighted by atomic mass is 10.1. The highest BCUT2D eigenvalue weighted by atomic mass is 16.1. The summed E-state index contributed by atoms with van der Waals surface area (Å²) in [6, 6.07) is 17.9. The third kappa shape index (κ3) is 5.14. The van der Waals surface area contributed by atoms with Crippen molar-refractivity contribution in [2.24, 2.45) is 0 Å². The average molecular weight is 360 g/mol. The van der Waals surface area contributed by atoms with Crippen molar-refractivity contribution in [2.45, 2.75) is 33.9 Å². The first-order chi connectivity index (χ1) is 13.0. The molecule has 2 N–H and O–H groups in total. The highest BCUT2D eigenvalue weighted by Crippen LogP contribution is 2.11. The summed E-state index contributed by atoms with van der Waals surface area (Å²) in [6.07, 6.45) is 0. The van der Waals surface area contributed by atoms with Crippen LogP contribution < -0.4 is 10.6 Å². The number of aryl methyl sites for hydroxylation is 3. The molecule has 0 atom stereocenters. The molecule has 1 amide bonds. The van der Waals surface area contributed by atoms with E-state index in [1.807, 2.05) is 50.2 Å². The zero-order chi connectivity index (χ0) is 19.2. The maximum atomic E-state index is 12.5. The first-order valence-electron chi connectivity index (χ1n) is 8.99. The molecule has 0 bridgehead atoms. The van der Waals surface area contributed by atoms with Gasteiger partial charge in [0.1, 0.15) is 5.69 Å². The number of aromatic nitrogens is 2. The van der Waals surface area contributed by atoms with Crippen molar-refractivity contribution >= 4 is 11.9 Å².